The van der Waals surface area contributed by atoms with Gasteiger partial charge in [0.25, 0.3) is 0 Å². The first kappa shape index (κ1) is 16.5. The second-order valence-corrected chi connectivity index (χ2v) is 8.58. The van der Waals surface area contributed by atoms with E-state index in [1.54, 1.807) is 0 Å². The van der Waals surface area contributed by atoms with Crippen LogP contribution in [0, 0.1) is 0 Å². The number of thiophene rings is 1. The second kappa shape index (κ2) is 6.91. The molecule has 0 aliphatic carbocycles. The molecule has 1 fully saturated rings. The maximum Gasteiger partial charge on any atom is 0.245 e. The normalized spacial score (nSPS) is 18.6. The summed E-state index contributed by atoms with van der Waals surface area (Å²) in [6.45, 7) is 1.01. The van der Waals surface area contributed by atoms with E-state index in [2.05, 4.69) is 0 Å². The molecule has 2 rings (SSSR count). The van der Waals surface area contributed by atoms with Crippen LogP contribution in [-0.4, -0.2) is 50.2 Å². The minimum absolute atomic E-state index is 0.00450. The molecule has 9 heteroatoms. The van der Waals surface area contributed by atoms with Crippen LogP contribution >= 0.6 is 34.5 Å². The molecule has 5 nitrogen and oxygen atoms in total. The van der Waals surface area contributed by atoms with Gasteiger partial charge in [-0.2, -0.15) is 4.31 Å². The Morgan fingerprint density at radius 1 is 1.40 bits per heavy atom. The van der Waals surface area contributed by atoms with E-state index in [1.165, 1.54) is 10.4 Å². The fraction of sp³-hybridized carbons (Fsp3) is 0.636. The predicted molar refractivity (Wildman–Crippen MR) is 79.2 cm³/mol. The Kier molecular flexibility index (Phi) is 5.70. The second-order valence-electron chi connectivity index (χ2n) is 4.39. The number of halogens is 2. The molecule has 1 aliphatic rings. The average molecular weight is 360 g/mol. The van der Waals surface area contributed by atoms with Crippen LogP contribution in [0.4, 0.5) is 0 Å². The van der Waals surface area contributed by atoms with Gasteiger partial charge in [0.15, 0.2) is 0 Å². The number of hydrogen-bond donors (Lipinski definition) is 1. The molecule has 0 amide bonds. The summed E-state index contributed by atoms with van der Waals surface area (Å²) in [5, 5.41) is 8.70. The molecule has 20 heavy (non-hydrogen) atoms. The Morgan fingerprint density at radius 3 is 2.55 bits per heavy atom. The van der Waals surface area contributed by atoms with Gasteiger partial charge in [-0.3, -0.25) is 0 Å². The standard InChI is InChI=1S/C11H15Cl2NO4S2/c12-10-7-9(11(13)19-10)20(16,17)14-3-1-8(2-4-14)18-6-5-15/h7-8,15H,1-6H2. The van der Waals surface area contributed by atoms with Gasteiger partial charge >= 0.3 is 0 Å². The van der Waals surface area contributed by atoms with Crippen molar-refractivity contribution < 1.29 is 18.3 Å². The van der Waals surface area contributed by atoms with Gasteiger partial charge in [0.2, 0.25) is 10.0 Å². The molecule has 0 radical (unpaired) electrons. The number of aliphatic hydroxyl groups excluding tert-OH is 1. The van der Waals surface area contributed by atoms with Gasteiger partial charge in [-0.15, -0.1) is 11.3 Å². The van der Waals surface area contributed by atoms with E-state index in [1.807, 2.05) is 0 Å². The highest BCUT2D eigenvalue weighted by atomic mass is 35.5. The van der Waals surface area contributed by atoms with Crippen LogP contribution in [0.15, 0.2) is 11.0 Å². The maximum absolute atomic E-state index is 12.5. The highest BCUT2D eigenvalue weighted by Gasteiger charge is 2.32. The fourth-order valence-electron chi connectivity index (χ4n) is 2.10. The van der Waals surface area contributed by atoms with Crippen LogP contribution in [0.25, 0.3) is 0 Å². The number of rotatable bonds is 5. The van der Waals surface area contributed by atoms with Gasteiger partial charge in [0.1, 0.15) is 9.23 Å². The predicted octanol–water partition coefficient (Wildman–Crippen LogP) is 2.22. The topological polar surface area (TPSA) is 66.8 Å². The Morgan fingerprint density at radius 2 is 2.05 bits per heavy atom. The van der Waals surface area contributed by atoms with Crippen molar-refractivity contribution in [2.75, 3.05) is 26.3 Å². The van der Waals surface area contributed by atoms with Gasteiger partial charge in [-0.1, -0.05) is 23.2 Å². The van der Waals surface area contributed by atoms with Gasteiger partial charge in [0.05, 0.1) is 23.7 Å². The zero-order chi connectivity index (χ0) is 14.8. The lowest BCUT2D eigenvalue weighted by atomic mass is 10.1. The first-order chi connectivity index (χ1) is 9.45. The third-order valence-electron chi connectivity index (χ3n) is 3.09. The fourth-order valence-corrected chi connectivity index (χ4v) is 5.68. The van der Waals surface area contributed by atoms with E-state index in [0.717, 1.165) is 11.3 Å². The molecule has 114 valence electrons. The van der Waals surface area contributed by atoms with Crippen LogP contribution in [0.3, 0.4) is 0 Å². The largest absolute Gasteiger partial charge is 0.394 e. The zero-order valence-corrected chi connectivity index (χ0v) is 13.7. The van der Waals surface area contributed by atoms with Crippen molar-refractivity contribution in [3.63, 3.8) is 0 Å². The van der Waals surface area contributed by atoms with E-state index in [4.69, 9.17) is 33.0 Å². The molecular formula is C11H15Cl2NO4S2. The number of aliphatic hydroxyl groups is 1. The minimum Gasteiger partial charge on any atom is -0.394 e. The Hall–Kier alpha value is 0.110. The number of ether oxygens (including phenoxy) is 1. The van der Waals surface area contributed by atoms with Crippen molar-refractivity contribution in [3.05, 3.63) is 14.7 Å². The molecule has 0 spiro atoms. The third kappa shape index (κ3) is 3.65. The first-order valence-electron chi connectivity index (χ1n) is 6.12. The summed E-state index contributed by atoms with van der Waals surface area (Å²) < 4.78 is 32.3. The molecule has 0 bridgehead atoms. The summed E-state index contributed by atoms with van der Waals surface area (Å²) >= 11 is 12.8. The SMILES string of the molecule is O=S(=O)(c1cc(Cl)sc1Cl)N1CCC(OCCO)CC1. The summed E-state index contributed by atoms with van der Waals surface area (Å²) in [6, 6.07) is 1.39. The van der Waals surface area contributed by atoms with Crippen LogP contribution in [0.5, 0.6) is 0 Å². The number of hydrogen-bond acceptors (Lipinski definition) is 5. The highest BCUT2D eigenvalue weighted by molar-refractivity contribution is 7.89. The molecule has 0 aromatic carbocycles. The molecule has 1 N–H and O–H groups in total. The first-order valence-corrected chi connectivity index (χ1v) is 9.14. The summed E-state index contributed by atoms with van der Waals surface area (Å²) in [6.07, 6.45) is 1.21. The summed E-state index contributed by atoms with van der Waals surface area (Å²) in [5.41, 5.74) is 0. The van der Waals surface area contributed by atoms with E-state index < -0.39 is 10.0 Å². The van der Waals surface area contributed by atoms with Gasteiger partial charge in [-0.05, 0) is 18.9 Å². The summed E-state index contributed by atoms with van der Waals surface area (Å²) in [5.74, 6) is 0. The van der Waals surface area contributed by atoms with Crippen molar-refractivity contribution in [3.8, 4) is 0 Å². The molecule has 2 heterocycles. The lowest BCUT2D eigenvalue weighted by Crippen LogP contribution is -2.41. The Labute approximate surface area is 132 Å². The van der Waals surface area contributed by atoms with Crippen LogP contribution in [-0.2, 0) is 14.8 Å². The van der Waals surface area contributed by atoms with Crippen molar-refractivity contribution in [1.29, 1.82) is 0 Å². The maximum atomic E-state index is 12.5. The highest BCUT2D eigenvalue weighted by Crippen LogP contribution is 2.36. The number of nitrogens with zero attached hydrogens (tertiary/aromatic N) is 1. The molecular weight excluding hydrogens is 345 g/mol. The van der Waals surface area contributed by atoms with E-state index in [9.17, 15) is 8.42 Å². The number of sulfonamides is 1. The van der Waals surface area contributed by atoms with Gasteiger partial charge < -0.3 is 9.84 Å². The zero-order valence-electron chi connectivity index (χ0n) is 10.6. The lowest BCUT2D eigenvalue weighted by molar-refractivity contribution is 0.00319. The lowest BCUT2D eigenvalue weighted by Gasteiger charge is -2.30. The third-order valence-corrected chi connectivity index (χ3v) is 6.74. The molecule has 0 unspecified atom stereocenters. The monoisotopic (exact) mass is 359 g/mol. The molecule has 0 atom stereocenters. The molecule has 1 aromatic heterocycles. The van der Waals surface area contributed by atoms with Crippen LogP contribution in [0.1, 0.15) is 12.8 Å². The molecule has 1 saturated heterocycles. The smallest absolute Gasteiger partial charge is 0.245 e. The number of piperidine rings is 1. The minimum atomic E-state index is -3.59. The van der Waals surface area contributed by atoms with E-state index in [0.29, 0.717) is 30.3 Å². The van der Waals surface area contributed by atoms with E-state index >= 15 is 0 Å². The van der Waals surface area contributed by atoms with Crippen LogP contribution < -0.4 is 0 Å². The Bertz CT molecular complexity index is 553. The molecule has 1 aromatic rings. The quantitative estimate of drug-likeness (QED) is 0.874. The summed E-state index contributed by atoms with van der Waals surface area (Å²) in [7, 11) is -3.59. The van der Waals surface area contributed by atoms with Crippen molar-refractivity contribution >= 4 is 44.6 Å². The molecule has 0 saturated carbocycles. The van der Waals surface area contributed by atoms with Crippen molar-refractivity contribution in [2.24, 2.45) is 0 Å². The average Bonchev–Trinajstić information content (AvgIpc) is 2.76. The van der Waals surface area contributed by atoms with Gasteiger partial charge in [0, 0.05) is 13.1 Å². The van der Waals surface area contributed by atoms with E-state index in [-0.39, 0.29) is 28.5 Å². The Balaban J connectivity index is 2.04. The molecule has 1 aliphatic heterocycles. The summed E-state index contributed by atoms with van der Waals surface area (Å²) in [4.78, 5) is 0.0730. The van der Waals surface area contributed by atoms with Gasteiger partial charge in [-0.25, -0.2) is 8.42 Å². The van der Waals surface area contributed by atoms with Crippen LogP contribution in [0.2, 0.25) is 8.67 Å². The van der Waals surface area contributed by atoms with Crippen molar-refractivity contribution in [1.82, 2.24) is 4.31 Å². The van der Waals surface area contributed by atoms with Crippen molar-refractivity contribution in [2.45, 2.75) is 23.8 Å².